The van der Waals surface area contributed by atoms with Crippen molar-refractivity contribution in [3.8, 4) is 11.5 Å². The lowest BCUT2D eigenvalue weighted by Crippen LogP contribution is -2.58. The van der Waals surface area contributed by atoms with Crippen LogP contribution in [0.4, 0.5) is 14.9 Å². The van der Waals surface area contributed by atoms with E-state index in [2.05, 4.69) is 10.6 Å². The average Bonchev–Trinajstić information content (AvgIpc) is 2.87. The maximum atomic E-state index is 13.1. The van der Waals surface area contributed by atoms with Crippen LogP contribution >= 0.6 is 0 Å². The van der Waals surface area contributed by atoms with Crippen molar-refractivity contribution in [2.24, 2.45) is 0 Å². The molecule has 2 aromatic carbocycles. The number of methoxy groups -OCH3 is 1. The predicted octanol–water partition coefficient (Wildman–Crippen LogP) is 3.65. The van der Waals surface area contributed by atoms with Gasteiger partial charge in [0.05, 0.1) is 7.11 Å². The number of ether oxygens (including phenoxy) is 2. The lowest BCUT2D eigenvalue weighted by Gasteiger charge is -2.35. The van der Waals surface area contributed by atoms with Crippen molar-refractivity contribution < 1.29 is 33.0 Å². The van der Waals surface area contributed by atoms with Gasteiger partial charge in [-0.15, -0.1) is 0 Å². The van der Waals surface area contributed by atoms with Crippen LogP contribution in [0.3, 0.4) is 0 Å². The van der Waals surface area contributed by atoms with Gasteiger partial charge in [-0.2, -0.15) is 0 Å². The Morgan fingerprint density at radius 2 is 1.81 bits per heavy atom. The van der Waals surface area contributed by atoms with Gasteiger partial charge in [0.15, 0.2) is 18.1 Å². The molecule has 0 radical (unpaired) electrons. The zero-order chi connectivity index (χ0) is 25.7. The zero-order valence-corrected chi connectivity index (χ0v) is 19.7. The van der Waals surface area contributed by atoms with E-state index in [0.717, 1.165) is 37.0 Å². The summed E-state index contributed by atoms with van der Waals surface area (Å²) in [6.45, 7) is -0.326. The van der Waals surface area contributed by atoms with E-state index in [1.165, 1.54) is 37.5 Å². The minimum Gasteiger partial charge on any atom is -0.493 e. The molecule has 0 bridgehead atoms. The Bertz CT molecular complexity index is 1200. The summed E-state index contributed by atoms with van der Waals surface area (Å²) in [6.07, 6.45) is 5.74. The van der Waals surface area contributed by atoms with Gasteiger partial charge in [0.25, 0.3) is 17.7 Å². The molecule has 188 valence electrons. The minimum absolute atomic E-state index is 0.144. The second-order valence-corrected chi connectivity index (χ2v) is 8.54. The molecule has 1 heterocycles. The molecular weight excluding hydrogens is 469 g/mol. The van der Waals surface area contributed by atoms with Crippen molar-refractivity contribution in [2.75, 3.05) is 19.0 Å². The van der Waals surface area contributed by atoms with Gasteiger partial charge in [0, 0.05) is 11.7 Å². The molecule has 10 heteroatoms. The smallest absolute Gasteiger partial charge is 0.331 e. The molecule has 0 aromatic heterocycles. The van der Waals surface area contributed by atoms with Gasteiger partial charge in [-0.1, -0.05) is 25.3 Å². The number of carbonyl (C=O) groups excluding carboxylic acids is 4. The van der Waals surface area contributed by atoms with Crippen LogP contribution in [0.1, 0.15) is 37.7 Å². The molecule has 0 unspecified atom stereocenters. The molecule has 0 atom stereocenters. The van der Waals surface area contributed by atoms with E-state index in [-0.39, 0.29) is 29.7 Å². The maximum Gasteiger partial charge on any atom is 0.331 e. The van der Waals surface area contributed by atoms with E-state index in [1.54, 1.807) is 18.2 Å². The van der Waals surface area contributed by atoms with Gasteiger partial charge >= 0.3 is 6.03 Å². The van der Waals surface area contributed by atoms with Crippen molar-refractivity contribution in [2.45, 2.75) is 38.1 Å². The first-order valence-corrected chi connectivity index (χ1v) is 11.6. The van der Waals surface area contributed by atoms with Crippen molar-refractivity contribution >= 4 is 35.5 Å². The molecule has 36 heavy (non-hydrogen) atoms. The van der Waals surface area contributed by atoms with E-state index in [4.69, 9.17) is 9.47 Å². The van der Waals surface area contributed by atoms with E-state index < -0.39 is 29.6 Å². The summed E-state index contributed by atoms with van der Waals surface area (Å²) in [7, 11) is 1.42. The number of halogens is 1. The van der Waals surface area contributed by atoms with Gasteiger partial charge < -0.3 is 14.8 Å². The summed E-state index contributed by atoms with van der Waals surface area (Å²) in [6, 6.07) is 9.12. The van der Waals surface area contributed by atoms with Crippen LogP contribution < -0.4 is 20.1 Å². The minimum atomic E-state index is -0.756. The number of carbonyl (C=O) groups is 4. The fourth-order valence-corrected chi connectivity index (χ4v) is 4.28. The Balaban J connectivity index is 1.46. The van der Waals surface area contributed by atoms with Gasteiger partial charge in [0.2, 0.25) is 0 Å². The third-order valence-electron chi connectivity index (χ3n) is 6.06. The van der Waals surface area contributed by atoms with Crippen LogP contribution in [0.15, 0.2) is 48.0 Å². The van der Waals surface area contributed by atoms with Gasteiger partial charge in [-0.25, -0.2) is 9.18 Å². The van der Waals surface area contributed by atoms with Crippen LogP contribution in [-0.2, 0) is 14.4 Å². The second-order valence-electron chi connectivity index (χ2n) is 8.54. The van der Waals surface area contributed by atoms with Crippen LogP contribution in [0.25, 0.3) is 6.08 Å². The van der Waals surface area contributed by atoms with E-state index in [9.17, 15) is 23.6 Å². The molecule has 1 saturated heterocycles. The maximum absolute atomic E-state index is 13.1. The monoisotopic (exact) mass is 495 g/mol. The lowest BCUT2D eigenvalue weighted by atomic mass is 9.93. The fourth-order valence-electron chi connectivity index (χ4n) is 4.28. The Morgan fingerprint density at radius 1 is 1.08 bits per heavy atom. The molecule has 1 aliphatic heterocycles. The number of imide groups is 2. The van der Waals surface area contributed by atoms with Crippen molar-refractivity contribution in [1.82, 2.24) is 10.2 Å². The van der Waals surface area contributed by atoms with Gasteiger partial charge in [0.1, 0.15) is 11.4 Å². The number of barbiturate groups is 1. The second kappa shape index (κ2) is 11.0. The van der Waals surface area contributed by atoms with Gasteiger partial charge in [-0.05, 0) is 60.9 Å². The molecule has 4 rings (SSSR count). The molecule has 1 aliphatic carbocycles. The Hall–Kier alpha value is -4.21. The summed E-state index contributed by atoms with van der Waals surface area (Å²) < 4.78 is 23.9. The van der Waals surface area contributed by atoms with E-state index >= 15 is 0 Å². The SMILES string of the molecule is COc1cc(C=C2C(=O)NC(=O)N(C3CCCCC3)C2=O)ccc1OCC(=O)Nc1ccc(F)cc1. The molecule has 1 saturated carbocycles. The van der Waals surface area contributed by atoms with Crippen molar-refractivity contribution in [1.29, 1.82) is 0 Å². The largest absolute Gasteiger partial charge is 0.493 e. The summed E-state index contributed by atoms with van der Waals surface area (Å²) >= 11 is 0. The standard InChI is InChI=1S/C26H26FN3O6/c1-35-22-14-16(7-12-21(22)36-15-23(31)28-18-10-8-17(27)9-11-18)13-20-24(32)29-26(34)30(25(20)33)19-5-3-2-4-6-19/h7-14,19H,2-6,15H2,1H3,(H,28,31)(H,29,32,34). The van der Waals surface area contributed by atoms with E-state index in [1.807, 2.05) is 0 Å². The summed E-state index contributed by atoms with van der Waals surface area (Å²) in [5.41, 5.74) is 0.760. The molecule has 2 N–H and O–H groups in total. The fraction of sp³-hybridized carbons (Fsp3) is 0.308. The Morgan fingerprint density at radius 3 is 2.50 bits per heavy atom. The van der Waals surface area contributed by atoms with Crippen LogP contribution in [0, 0.1) is 5.82 Å². The van der Waals surface area contributed by atoms with Crippen LogP contribution in [0.5, 0.6) is 11.5 Å². The summed E-state index contributed by atoms with van der Waals surface area (Å²) in [5, 5.41) is 4.85. The summed E-state index contributed by atoms with van der Waals surface area (Å²) in [4.78, 5) is 51.2. The normalized spacial score (nSPS) is 17.7. The number of anilines is 1. The number of hydrogen-bond acceptors (Lipinski definition) is 6. The van der Waals surface area contributed by atoms with Crippen molar-refractivity contribution in [3.63, 3.8) is 0 Å². The van der Waals surface area contributed by atoms with Crippen LogP contribution in [-0.4, -0.2) is 48.4 Å². The topological polar surface area (TPSA) is 114 Å². The first-order valence-electron chi connectivity index (χ1n) is 11.6. The molecule has 2 aromatic rings. The van der Waals surface area contributed by atoms with Gasteiger partial charge in [-0.3, -0.25) is 24.6 Å². The highest BCUT2D eigenvalue weighted by atomic mass is 19.1. The number of urea groups is 1. The number of nitrogens with zero attached hydrogens (tertiary/aromatic N) is 1. The first-order chi connectivity index (χ1) is 17.4. The number of rotatable bonds is 7. The molecule has 0 spiro atoms. The van der Waals surface area contributed by atoms with Crippen LogP contribution in [0.2, 0.25) is 0 Å². The highest BCUT2D eigenvalue weighted by Crippen LogP contribution is 2.30. The molecular formula is C26H26FN3O6. The third-order valence-corrected chi connectivity index (χ3v) is 6.06. The predicted molar refractivity (Wildman–Crippen MR) is 129 cm³/mol. The Kier molecular flexibility index (Phi) is 7.62. The summed E-state index contributed by atoms with van der Waals surface area (Å²) in [5.74, 6) is -1.69. The quantitative estimate of drug-likeness (QED) is 0.448. The number of nitrogens with one attached hydrogen (secondary N) is 2. The van der Waals surface area contributed by atoms with Crippen molar-refractivity contribution in [3.05, 3.63) is 59.4 Å². The average molecular weight is 496 g/mol. The molecule has 2 fully saturated rings. The lowest BCUT2D eigenvalue weighted by molar-refractivity contribution is -0.132. The Labute approximate surface area is 207 Å². The molecule has 5 amide bonds. The number of hydrogen-bond donors (Lipinski definition) is 2. The first kappa shape index (κ1) is 24.9. The molecule has 9 nitrogen and oxygen atoms in total. The highest BCUT2D eigenvalue weighted by molar-refractivity contribution is 6.31. The number of benzene rings is 2. The molecule has 2 aliphatic rings. The highest BCUT2D eigenvalue weighted by Gasteiger charge is 2.40. The van der Waals surface area contributed by atoms with E-state index in [0.29, 0.717) is 11.3 Å². The third kappa shape index (κ3) is 5.70. The zero-order valence-electron chi connectivity index (χ0n) is 19.7. The number of amides is 5.